The highest BCUT2D eigenvalue weighted by Gasteiger charge is 2.16. The van der Waals surface area contributed by atoms with Crippen LogP contribution in [-0.4, -0.2) is 11.9 Å². The predicted octanol–water partition coefficient (Wildman–Crippen LogP) is 2.51. The van der Waals surface area contributed by atoms with Gasteiger partial charge in [-0.1, -0.05) is 19.3 Å². The van der Waals surface area contributed by atoms with Gasteiger partial charge in [-0.25, -0.2) is 14.6 Å². The van der Waals surface area contributed by atoms with E-state index in [4.69, 9.17) is 5.84 Å². The average Bonchev–Trinajstić information content (AvgIpc) is 2.40. The summed E-state index contributed by atoms with van der Waals surface area (Å²) in [6.45, 7) is 0. The zero-order chi connectivity index (χ0) is 13.0. The molecule has 0 bridgehead atoms. The maximum atomic E-state index is 13.6. The molecule has 0 atom stereocenters. The van der Waals surface area contributed by atoms with E-state index in [1.807, 2.05) is 0 Å². The van der Waals surface area contributed by atoms with Crippen LogP contribution in [0.2, 0.25) is 0 Å². The molecule has 1 aromatic rings. The first-order valence-electron chi connectivity index (χ1n) is 6.20. The van der Waals surface area contributed by atoms with Crippen molar-refractivity contribution in [1.29, 1.82) is 0 Å². The van der Waals surface area contributed by atoms with E-state index in [2.05, 4.69) is 10.4 Å². The lowest BCUT2D eigenvalue weighted by Gasteiger charge is -2.19. The maximum absolute atomic E-state index is 13.6. The standard InChI is InChI=1S/C13H17F2N3/c14-9-6-7-12(15)11(8-9)13(18-16)17-10-4-2-1-3-5-10/h6-8,10H,1-5,16H2,(H,17,18). The minimum Gasteiger partial charge on any atom is -0.308 e. The second-order valence-electron chi connectivity index (χ2n) is 4.54. The molecule has 3 N–H and O–H groups in total. The number of nitrogens with zero attached hydrogens (tertiary/aromatic N) is 1. The summed E-state index contributed by atoms with van der Waals surface area (Å²) in [7, 11) is 0. The fourth-order valence-corrected chi connectivity index (χ4v) is 2.26. The number of benzene rings is 1. The zero-order valence-corrected chi connectivity index (χ0v) is 10.1. The zero-order valence-electron chi connectivity index (χ0n) is 10.1. The summed E-state index contributed by atoms with van der Waals surface area (Å²) >= 11 is 0. The molecule has 0 unspecified atom stereocenters. The molecule has 1 aromatic carbocycles. The number of nitrogens with two attached hydrogens (primary N) is 1. The van der Waals surface area contributed by atoms with Gasteiger partial charge in [0.2, 0.25) is 0 Å². The third kappa shape index (κ3) is 3.04. The van der Waals surface area contributed by atoms with E-state index in [1.54, 1.807) is 0 Å². The summed E-state index contributed by atoms with van der Waals surface area (Å²) < 4.78 is 26.7. The summed E-state index contributed by atoms with van der Waals surface area (Å²) in [5.74, 6) is 4.57. The summed E-state index contributed by atoms with van der Waals surface area (Å²) in [5.41, 5.74) is 2.46. The summed E-state index contributed by atoms with van der Waals surface area (Å²) in [6.07, 6.45) is 5.41. The Kier molecular flexibility index (Phi) is 4.25. The SMILES string of the molecule is NNC(=NC1CCCCC1)c1cc(F)ccc1F. The lowest BCUT2D eigenvalue weighted by molar-refractivity contribution is 0.442. The quantitative estimate of drug-likeness (QED) is 0.368. The van der Waals surface area contributed by atoms with Gasteiger partial charge in [-0.15, -0.1) is 0 Å². The number of amidine groups is 1. The van der Waals surface area contributed by atoms with Crippen LogP contribution >= 0.6 is 0 Å². The van der Waals surface area contributed by atoms with Crippen molar-refractivity contribution >= 4 is 5.84 Å². The molecule has 0 spiro atoms. The fourth-order valence-electron chi connectivity index (χ4n) is 2.26. The van der Waals surface area contributed by atoms with Crippen LogP contribution in [0.25, 0.3) is 0 Å². The molecule has 0 aromatic heterocycles. The van der Waals surface area contributed by atoms with E-state index >= 15 is 0 Å². The smallest absolute Gasteiger partial charge is 0.145 e. The van der Waals surface area contributed by atoms with Crippen LogP contribution in [0.15, 0.2) is 23.2 Å². The van der Waals surface area contributed by atoms with Gasteiger partial charge in [0.05, 0.1) is 11.6 Å². The number of hydrogen-bond acceptors (Lipinski definition) is 2. The molecule has 5 heteroatoms. The van der Waals surface area contributed by atoms with Gasteiger partial charge in [0, 0.05) is 0 Å². The highest BCUT2D eigenvalue weighted by atomic mass is 19.1. The van der Waals surface area contributed by atoms with Gasteiger partial charge in [0.15, 0.2) is 0 Å². The molecule has 0 radical (unpaired) electrons. The minimum atomic E-state index is -0.524. The lowest BCUT2D eigenvalue weighted by Crippen LogP contribution is -2.33. The molecule has 0 amide bonds. The number of nitrogens with one attached hydrogen (secondary N) is 1. The van der Waals surface area contributed by atoms with Crippen molar-refractivity contribution in [2.75, 3.05) is 0 Å². The molecule has 1 saturated carbocycles. The second-order valence-corrected chi connectivity index (χ2v) is 4.54. The Balaban J connectivity index is 2.26. The Bertz CT molecular complexity index is 440. The topological polar surface area (TPSA) is 50.4 Å². The average molecular weight is 253 g/mol. The van der Waals surface area contributed by atoms with Gasteiger partial charge in [-0.3, -0.25) is 4.99 Å². The third-order valence-electron chi connectivity index (χ3n) is 3.21. The first-order chi connectivity index (χ1) is 8.70. The normalized spacial score (nSPS) is 17.8. The molecule has 1 aliphatic carbocycles. The van der Waals surface area contributed by atoms with Crippen molar-refractivity contribution in [3.8, 4) is 0 Å². The van der Waals surface area contributed by atoms with Gasteiger partial charge < -0.3 is 5.43 Å². The highest BCUT2D eigenvalue weighted by molar-refractivity contribution is 5.98. The predicted molar refractivity (Wildman–Crippen MR) is 67.1 cm³/mol. The van der Waals surface area contributed by atoms with Crippen molar-refractivity contribution in [2.45, 2.75) is 38.1 Å². The first kappa shape index (κ1) is 13.0. The fraction of sp³-hybridized carbons (Fsp3) is 0.462. The molecular formula is C13H17F2N3. The van der Waals surface area contributed by atoms with Gasteiger partial charge in [0.1, 0.15) is 17.5 Å². The lowest BCUT2D eigenvalue weighted by atomic mass is 9.96. The van der Waals surface area contributed by atoms with Crippen molar-refractivity contribution in [3.63, 3.8) is 0 Å². The van der Waals surface area contributed by atoms with Crippen LogP contribution < -0.4 is 11.3 Å². The van der Waals surface area contributed by atoms with Crippen molar-refractivity contribution in [2.24, 2.45) is 10.8 Å². The molecule has 2 rings (SSSR count). The Morgan fingerprint density at radius 2 is 1.94 bits per heavy atom. The van der Waals surface area contributed by atoms with E-state index < -0.39 is 11.6 Å². The molecule has 0 aliphatic heterocycles. The van der Waals surface area contributed by atoms with Crippen molar-refractivity contribution in [3.05, 3.63) is 35.4 Å². The minimum absolute atomic E-state index is 0.0862. The number of rotatable bonds is 2. The van der Waals surface area contributed by atoms with Crippen LogP contribution in [-0.2, 0) is 0 Å². The largest absolute Gasteiger partial charge is 0.308 e. The van der Waals surface area contributed by atoms with Gasteiger partial charge in [-0.2, -0.15) is 0 Å². The molecule has 98 valence electrons. The summed E-state index contributed by atoms with van der Waals surface area (Å²) in [4.78, 5) is 4.40. The molecular weight excluding hydrogens is 236 g/mol. The summed E-state index contributed by atoms with van der Waals surface area (Å²) in [6, 6.07) is 3.41. The highest BCUT2D eigenvalue weighted by Crippen LogP contribution is 2.21. The van der Waals surface area contributed by atoms with E-state index in [0.717, 1.165) is 43.9 Å². The molecule has 3 nitrogen and oxygen atoms in total. The van der Waals surface area contributed by atoms with Crippen molar-refractivity contribution in [1.82, 2.24) is 5.43 Å². The Morgan fingerprint density at radius 1 is 1.22 bits per heavy atom. The monoisotopic (exact) mass is 253 g/mol. The molecule has 0 heterocycles. The van der Waals surface area contributed by atoms with Crippen LogP contribution in [0.5, 0.6) is 0 Å². The van der Waals surface area contributed by atoms with Crippen LogP contribution in [0, 0.1) is 11.6 Å². The number of halogens is 2. The molecule has 18 heavy (non-hydrogen) atoms. The molecule has 1 fully saturated rings. The molecule has 1 aliphatic rings. The van der Waals surface area contributed by atoms with E-state index in [1.165, 1.54) is 6.42 Å². The number of aliphatic imine (C=N–C) groups is 1. The van der Waals surface area contributed by atoms with Crippen LogP contribution in [0.4, 0.5) is 8.78 Å². The van der Waals surface area contributed by atoms with Gasteiger partial charge >= 0.3 is 0 Å². The van der Waals surface area contributed by atoms with Crippen molar-refractivity contribution < 1.29 is 8.78 Å². The van der Waals surface area contributed by atoms with E-state index in [-0.39, 0.29) is 17.4 Å². The van der Waals surface area contributed by atoms with E-state index in [0.29, 0.717) is 0 Å². The van der Waals surface area contributed by atoms with Crippen LogP contribution in [0.3, 0.4) is 0 Å². The van der Waals surface area contributed by atoms with Gasteiger partial charge in [0.25, 0.3) is 0 Å². The Hall–Kier alpha value is -1.49. The summed E-state index contributed by atoms with van der Waals surface area (Å²) in [5, 5.41) is 0. The van der Waals surface area contributed by atoms with E-state index in [9.17, 15) is 8.78 Å². The second kappa shape index (κ2) is 5.91. The maximum Gasteiger partial charge on any atom is 0.145 e. The number of hydrogen-bond donors (Lipinski definition) is 2. The first-order valence-corrected chi connectivity index (χ1v) is 6.20. The van der Waals surface area contributed by atoms with Crippen LogP contribution in [0.1, 0.15) is 37.7 Å². The van der Waals surface area contributed by atoms with Gasteiger partial charge in [-0.05, 0) is 31.0 Å². The number of hydrazine groups is 1. The third-order valence-corrected chi connectivity index (χ3v) is 3.21. The Morgan fingerprint density at radius 3 is 2.61 bits per heavy atom. The Labute approximate surface area is 105 Å². The molecule has 0 saturated heterocycles.